The Kier molecular flexibility index (Phi) is 5.09. The number of carbonyl (C=O) groups is 1. The number of para-hydroxylation sites is 1. The van der Waals surface area contributed by atoms with Crippen molar-refractivity contribution in [2.75, 3.05) is 5.32 Å². The normalized spacial score (nSPS) is 7.67. The van der Waals surface area contributed by atoms with Gasteiger partial charge in [-0.25, -0.2) is 4.79 Å². The zero-order chi connectivity index (χ0) is 9.40. The van der Waals surface area contributed by atoms with E-state index in [4.69, 9.17) is 5.11 Å². The van der Waals surface area contributed by atoms with E-state index in [1.807, 2.05) is 6.07 Å². The molecule has 0 aliphatic heterocycles. The predicted octanol–water partition coefficient (Wildman–Crippen LogP) is 2.58. The highest BCUT2D eigenvalue weighted by molar-refractivity contribution is 5.82. The van der Waals surface area contributed by atoms with Crippen molar-refractivity contribution in [1.82, 2.24) is 0 Å². The van der Waals surface area contributed by atoms with E-state index in [2.05, 4.69) is 18.5 Å². The molecule has 0 aromatic heterocycles. The summed E-state index contributed by atoms with van der Waals surface area (Å²) in [5, 5.41) is 10.5. The topological polar surface area (TPSA) is 49.3 Å². The Hall–Kier alpha value is -1.77. The predicted molar refractivity (Wildman–Crippen MR) is 49.3 cm³/mol. The smallest absolute Gasteiger partial charge is 0.409 e. The molecular weight excluding hydrogens is 154 g/mol. The van der Waals surface area contributed by atoms with Gasteiger partial charge in [-0.2, -0.15) is 0 Å². The molecule has 0 heterocycles. The molecule has 0 saturated heterocycles. The molecule has 2 N–H and O–H groups in total. The highest BCUT2D eigenvalue weighted by atomic mass is 16.4. The number of anilines is 1. The third-order valence-electron chi connectivity index (χ3n) is 1.03. The molecule has 0 aliphatic rings. The van der Waals surface area contributed by atoms with Crippen LogP contribution >= 0.6 is 0 Å². The Labute approximate surface area is 71.3 Å². The molecule has 1 rings (SSSR count). The minimum absolute atomic E-state index is 0.593. The van der Waals surface area contributed by atoms with Gasteiger partial charge in [-0.1, -0.05) is 18.2 Å². The first-order valence-electron chi connectivity index (χ1n) is 3.34. The summed E-state index contributed by atoms with van der Waals surface area (Å²) in [7, 11) is 0. The van der Waals surface area contributed by atoms with Crippen molar-refractivity contribution < 1.29 is 9.90 Å². The molecule has 1 amide bonds. The van der Waals surface area contributed by atoms with Crippen molar-refractivity contribution in [3.8, 4) is 0 Å². The molecule has 1 aromatic carbocycles. The Balaban J connectivity index is 0.000000561. The van der Waals surface area contributed by atoms with Gasteiger partial charge in [0, 0.05) is 5.69 Å². The van der Waals surface area contributed by atoms with Crippen LogP contribution in [0.25, 0.3) is 0 Å². The van der Waals surface area contributed by atoms with Crippen LogP contribution in [0.15, 0.2) is 43.5 Å². The quantitative estimate of drug-likeness (QED) is 0.628. The molecule has 0 radical (unpaired) electrons. The van der Waals surface area contributed by atoms with Crippen molar-refractivity contribution in [2.24, 2.45) is 0 Å². The van der Waals surface area contributed by atoms with Gasteiger partial charge in [-0.05, 0) is 12.1 Å². The van der Waals surface area contributed by atoms with Crippen LogP contribution in [0.4, 0.5) is 10.5 Å². The molecular formula is C9H11NO2. The molecule has 3 nitrogen and oxygen atoms in total. The number of amides is 1. The second-order valence-electron chi connectivity index (χ2n) is 1.80. The summed E-state index contributed by atoms with van der Waals surface area (Å²) in [6.07, 6.45) is -1.04. The summed E-state index contributed by atoms with van der Waals surface area (Å²) >= 11 is 0. The van der Waals surface area contributed by atoms with Crippen LogP contribution < -0.4 is 5.32 Å². The van der Waals surface area contributed by atoms with E-state index in [1.54, 1.807) is 24.3 Å². The minimum atomic E-state index is -1.04. The fraction of sp³-hybridized carbons (Fsp3) is 0. The molecule has 12 heavy (non-hydrogen) atoms. The third-order valence-corrected chi connectivity index (χ3v) is 1.03. The van der Waals surface area contributed by atoms with E-state index < -0.39 is 6.09 Å². The monoisotopic (exact) mass is 165 g/mol. The van der Waals surface area contributed by atoms with Crippen LogP contribution in [0.5, 0.6) is 0 Å². The van der Waals surface area contributed by atoms with Gasteiger partial charge in [0.25, 0.3) is 0 Å². The summed E-state index contributed by atoms with van der Waals surface area (Å²) < 4.78 is 0. The summed E-state index contributed by atoms with van der Waals surface area (Å²) in [6.45, 7) is 6.00. The van der Waals surface area contributed by atoms with E-state index in [9.17, 15) is 4.79 Å². The van der Waals surface area contributed by atoms with Crippen LogP contribution in [-0.2, 0) is 0 Å². The number of nitrogens with one attached hydrogen (secondary N) is 1. The van der Waals surface area contributed by atoms with Crippen molar-refractivity contribution in [3.63, 3.8) is 0 Å². The average molecular weight is 165 g/mol. The molecule has 0 saturated carbocycles. The SMILES string of the molecule is C=C.O=C(O)Nc1ccccc1. The maximum atomic E-state index is 10.1. The molecule has 0 atom stereocenters. The van der Waals surface area contributed by atoms with Gasteiger partial charge in [0.1, 0.15) is 0 Å². The lowest BCUT2D eigenvalue weighted by Gasteiger charge is -1.96. The van der Waals surface area contributed by atoms with Gasteiger partial charge in [-0.3, -0.25) is 5.32 Å². The van der Waals surface area contributed by atoms with Crippen LogP contribution in [0.3, 0.4) is 0 Å². The summed E-state index contributed by atoms with van der Waals surface area (Å²) in [4.78, 5) is 10.1. The first-order chi connectivity index (χ1) is 5.79. The zero-order valence-corrected chi connectivity index (χ0v) is 6.66. The van der Waals surface area contributed by atoms with Crippen LogP contribution in [-0.4, -0.2) is 11.2 Å². The van der Waals surface area contributed by atoms with Crippen molar-refractivity contribution in [1.29, 1.82) is 0 Å². The van der Waals surface area contributed by atoms with Crippen LogP contribution in [0.1, 0.15) is 0 Å². The molecule has 3 heteroatoms. The highest BCUT2D eigenvalue weighted by Gasteiger charge is 1.92. The fourth-order valence-electron chi connectivity index (χ4n) is 0.645. The van der Waals surface area contributed by atoms with E-state index in [0.29, 0.717) is 5.69 Å². The maximum absolute atomic E-state index is 10.1. The number of benzene rings is 1. The van der Waals surface area contributed by atoms with Crippen molar-refractivity contribution >= 4 is 11.8 Å². The van der Waals surface area contributed by atoms with Crippen LogP contribution in [0, 0.1) is 0 Å². The largest absolute Gasteiger partial charge is 0.465 e. The van der Waals surface area contributed by atoms with Gasteiger partial charge < -0.3 is 5.11 Å². The second kappa shape index (κ2) is 5.97. The van der Waals surface area contributed by atoms with E-state index >= 15 is 0 Å². The van der Waals surface area contributed by atoms with Gasteiger partial charge >= 0.3 is 6.09 Å². The molecule has 0 fully saturated rings. The van der Waals surface area contributed by atoms with Crippen molar-refractivity contribution in [2.45, 2.75) is 0 Å². The summed E-state index contributed by atoms with van der Waals surface area (Å²) in [6, 6.07) is 8.74. The Morgan fingerprint density at radius 1 is 1.25 bits per heavy atom. The van der Waals surface area contributed by atoms with Gasteiger partial charge in [0.05, 0.1) is 0 Å². The zero-order valence-electron chi connectivity index (χ0n) is 6.66. The fourth-order valence-corrected chi connectivity index (χ4v) is 0.645. The van der Waals surface area contributed by atoms with Gasteiger partial charge in [0.15, 0.2) is 0 Å². The van der Waals surface area contributed by atoms with Gasteiger partial charge in [0.2, 0.25) is 0 Å². The minimum Gasteiger partial charge on any atom is -0.465 e. The van der Waals surface area contributed by atoms with Crippen LogP contribution in [0.2, 0.25) is 0 Å². The average Bonchev–Trinajstić information content (AvgIpc) is 2.08. The first kappa shape index (κ1) is 10.2. The number of carboxylic acid groups (broad SMARTS) is 1. The molecule has 0 spiro atoms. The van der Waals surface area contributed by atoms with E-state index in [1.165, 1.54) is 0 Å². The summed E-state index contributed by atoms with van der Waals surface area (Å²) in [5.74, 6) is 0. The highest BCUT2D eigenvalue weighted by Crippen LogP contribution is 2.03. The first-order valence-corrected chi connectivity index (χ1v) is 3.34. The molecule has 64 valence electrons. The lowest BCUT2D eigenvalue weighted by molar-refractivity contribution is 0.210. The second-order valence-corrected chi connectivity index (χ2v) is 1.80. The Morgan fingerprint density at radius 2 is 1.75 bits per heavy atom. The van der Waals surface area contributed by atoms with E-state index in [0.717, 1.165) is 0 Å². The van der Waals surface area contributed by atoms with E-state index in [-0.39, 0.29) is 0 Å². The molecule has 1 aromatic rings. The molecule has 0 bridgehead atoms. The lowest BCUT2D eigenvalue weighted by Crippen LogP contribution is -2.06. The standard InChI is InChI=1S/C7H7NO2.C2H4/c9-7(10)8-6-4-2-1-3-5-6;1-2/h1-5,8H,(H,9,10);1-2H2. The summed E-state index contributed by atoms with van der Waals surface area (Å²) in [5.41, 5.74) is 0.593. The molecule has 0 unspecified atom stereocenters. The number of hydrogen-bond donors (Lipinski definition) is 2. The van der Waals surface area contributed by atoms with Crippen molar-refractivity contribution in [3.05, 3.63) is 43.5 Å². The molecule has 0 aliphatic carbocycles. The number of rotatable bonds is 1. The Morgan fingerprint density at radius 3 is 2.17 bits per heavy atom. The van der Waals surface area contributed by atoms with Gasteiger partial charge in [-0.15, -0.1) is 13.2 Å². The third kappa shape index (κ3) is 4.11. The number of hydrogen-bond acceptors (Lipinski definition) is 1. The lowest BCUT2D eigenvalue weighted by atomic mass is 10.3. The Bertz CT molecular complexity index is 234. The maximum Gasteiger partial charge on any atom is 0.409 e.